The van der Waals surface area contributed by atoms with Gasteiger partial charge in [-0.15, -0.1) is 0 Å². The van der Waals surface area contributed by atoms with E-state index in [1.165, 1.54) is 0 Å². The van der Waals surface area contributed by atoms with Gasteiger partial charge in [-0.3, -0.25) is 0 Å². The average molecular weight is 121 g/mol. The number of nitrogens with one attached hydrogen (secondary N) is 1. The summed E-state index contributed by atoms with van der Waals surface area (Å²) >= 11 is 0. The van der Waals surface area contributed by atoms with Crippen LogP contribution in [-0.4, -0.2) is 36.5 Å². The third-order valence-corrected chi connectivity index (χ3v) is 0.781. The molecule has 3 N–H and O–H groups in total. The van der Waals surface area contributed by atoms with Crippen LogP contribution in [0.25, 0.3) is 0 Å². The van der Waals surface area contributed by atoms with E-state index in [9.17, 15) is 5.21 Å². The summed E-state index contributed by atoms with van der Waals surface area (Å²) in [6, 6.07) is 0. The second-order valence-electron chi connectivity index (χ2n) is 1.49. The minimum atomic E-state index is -0.112. The molecule has 0 unspecified atom stereocenters. The number of hydroxylamine groups is 2. The first-order valence-electron chi connectivity index (χ1n) is 2.54. The molecule has 8 heavy (non-hydrogen) atoms. The highest BCUT2D eigenvalue weighted by Gasteiger charge is 1.90. The van der Waals surface area contributed by atoms with Gasteiger partial charge in [0.05, 0.1) is 13.2 Å². The third kappa shape index (κ3) is 4.01. The van der Waals surface area contributed by atoms with Gasteiger partial charge in [-0.25, -0.2) is 0 Å². The van der Waals surface area contributed by atoms with Crippen molar-refractivity contribution in [2.75, 3.05) is 26.3 Å². The summed E-state index contributed by atoms with van der Waals surface area (Å²) in [7, 11) is 0. The summed E-state index contributed by atoms with van der Waals surface area (Å²) in [5.41, 5.74) is 0. The first kappa shape index (κ1) is 7.84. The molecule has 0 saturated carbocycles. The molecule has 0 rings (SSSR count). The van der Waals surface area contributed by atoms with Crippen LogP contribution in [0.4, 0.5) is 0 Å². The Balaban J connectivity index is 2.92. The second kappa shape index (κ2) is 4.99. The Morgan fingerprint density at radius 3 is 1.75 bits per heavy atom. The normalized spacial score (nSPS) is 10.5. The van der Waals surface area contributed by atoms with Crippen molar-refractivity contribution < 1.29 is 15.3 Å². The zero-order chi connectivity index (χ0) is 6.41. The zero-order valence-corrected chi connectivity index (χ0v) is 4.63. The molecule has 0 radical (unpaired) electrons. The van der Waals surface area contributed by atoms with E-state index in [1.807, 2.05) is 0 Å². The van der Waals surface area contributed by atoms with E-state index in [-0.39, 0.29) is 31.4 Å². The van der Waals surface area contributed by atoms with Crippen LogP contribution in [0.5, 0.6) is 0 Å². The Morgan fingerprint density at radius 1 is 1.12 bits per heavy atom. The van der Waals surface area contributed by atoms with Crippen LogP contribution in [0, 0.1) is 5.21 Å². The molecular formula is C4H11NO3. The van der Waals surface area contributed by atoms with Gasteiger partial charge in [0, 0.05) is 0 Å². The summed E-state index contributed by atoms with van der Waals surface area (Å²) < 4.78 is 0. The molecule has 0 aromatic rings. The molecule has 0 bridgehead atoms. The van der Waals surface area contributed by atoms with Crippen molar-refractivity contribution in [3.63, 3.8) is 0 Å². The molecule has 50 valence electrons. The van der Waals surface area contributed by atoms with Crippen LogP contribution in [0.1, 0.15) is 0 Å². The smallest absolute Gasteiger partial charge is 0.100 e. The van der Waals surface area contributed by atoms with Gasteiger partial charge >= 0.3 is 0 Å². The Kier molecular flexibility index (Phi) is 4.89. The summed E-state index contributed by atoms with van der Waals surface area (Å²) in [4.78, 5) is 0. The van der Waals surface area contributed by atoms with Gasteiger partial charge in [0.2, 0.25) is 0 Å². The monoisotopic (exact) mass is 121 g/mol. The summed E-state index contributed by atoms with van der Waals surface area (Å²) in [5.74, 6) is 0. The van der Waals surface area contributed by atoms with Gasteiger partial charge in [0.25, 0.3) is 0 Å². The van der Waals surface area contributed by atoms with Crippen LogP contribution in [0.15, 0.2) is 0 Å². The number of hydrogen-bond donors (Lipinski definition) is 3. The molecule has 0 amide bonds. The molecule has 4 nitrogen and oxygen atoms in total. The maximum Gasteiger partial charge on any atom is 0.100 e. The van der Waals surface area contributed by atoms with E-state index in [1.54, 1.807) is 0 Å². The largest absolute Gasteiger partial charge is 0.634 e. The SMILES string of the molecule is [O-][NH+](CCO)CCO. The summed E-state index contributed by atoms with van der Waals surface area (Å²) in [6.07, 6.45) is 0. The van der Waals surface area contributed by atoms with Gasteiger partial charge in [0.1, 0.15) is 13.1 Å². The number of aliphatic hydroxyl groups excluding tert-OH is 2. The Labute approximate surface area is 47.9 Å². The fourth-order valence-corrected chi connectivity index (χ4v) is 0.374. The molecule has 0 aromatic heterocycles. The Morgan fingerprint density at radius 2 is 1.50 bits per heavy atom. The topological polar surface area (TPSA) is 68.0 Å². The lowest BCUT2D eigenvalue weighted by molar-refractivity contribution is -0.848. The summed E-state index contributed by atoms with van der Waals surface area (Å²) in [5, 5.41) is 26.6. The van der Waals surface area contributed by atoms with Crippen molar-refractivity contribution in [3.05, 3.63) is 5.21 Å². The predicted octanol–water partition coefficient (Wildman–Crippen LogP) is -2.65. The van der Waals surface area contributed by atoms with Crippen molar-refractivity contribution in [2.45, 2.75) is 0 Å². The van der Waals surface area contributed by atoms with E-state index in [0.29, 0.717) is 0 Å². The van der Waals surface area contributed by atoms with Gasteiger partial charge < -0.3 is 20.5 Å². The van der Waals surface area contributed by atoms with Crippen LogP contribution >= 0.6 is 0 Å². The first-order valence-corrected chi connectivity index (χ1v) is 2.54. The van der Waals surface area contributed by atoms with E-state index in [4.69, 9.17) is 10.2 Å². The second-order valence-corrected chi connectivity index (χ2v) is 1.49. The van der Waals surface area contributed by atoms with Crippen molar-refractivity contribution in [1.82, 2.24) is 0 Å². The van der Waals surface area contributed by atoms with Crippen LogP contribution in [-0.2, 0) is 0 Å². The molecule has 0 saturated heterocycles. The van der Waals surface area contributed by atoms with Crippen molar-refractivity contribution >= 4 is 0 Å². The molecule has 0 heterocycles. The highest BCUT2D eigenvalue weighted by Crippen LogP contribution is 1.46. The zero-order valence-electron chi connectivity index (χ0n) is 4.63. The molecule has 0 aliphatic rings. The number of rotatable bonds is 4. The van der Waals surface area contributed by atoms with Gasteiger partial charge in [-0.05, 0) is 0 Å². The van der Waals surface area contributed by atoms with E-state index < -0.39 is 0 Å². The van der Waals surface area contributed by atoms with Crippen molar-refractivity contribution in [2.24, 2.45) is 0 Å². The highest BCUT2D eigenvalue weighted by molar-refractivity contribution is 4.24. The maximum absolute atomic E-state index is 10.3. The molecule has 0 aromatic carbocycles. The van der Waals surface area contributed by atoms with Gasteiger partial charge in [-0.2, -0.15) is 0 Å². The van der Waals surface area contributed by atoms with E-state index in [0.717, 1.165) is 0 Å². The molecule has 0 spiro atoms. The fraction of sp³-hybridized carbons (Fsp3) is 1.00. The summed E-state index contributed by atoms with van der Waals surface area (Å²) in [6.45, 7) is 0.110. The van der Waals surface area contributed by atoms with Crippen LogP contribution in [0.3, 0.4) is 0 Å². The molecule has 0 fully saturated rings. The molecule has 0 atom stereocenters. The first-order chi connectivity index (χ1) is 3.81. The molecule has 4 heteroatoms. The molecular weight excluding hydrogens is 110 g/mol. The average Bonchev–Trinajstić information content (AvgIpc) is 1.68. The van der Waals surface area contributed by atoms with Crippen LogP contribution < -0.4 is 5.06 Å². The Bertz CT molecular complexity index is 44.5. The lowest BCUT2D eigenvalue weighted by Gasteiger charge is -2.19. The quantitative estimate of drug-likeness (QED) is 0.356. The van der Waals surface area contributed by atoms with Crippen LogP contribution in [0.2, 0.25) is 0 Å². The van der Waals surface area contributed by atoms with E-state index >= 15 is 0 Å². The molecule has 0 aliphatic carbocycles. The number of hydrogen-bond acceptors (Lipinski definition) is 3. The standard InChI is InChI=1S/C4H11NO3/c6-3-1-5(8)2-4-7/h5-7H,1-4H2. The van der Waals surface area contributed by atoms with Crippen molar-refractivity contribution in [3.8, 4) is 0 Å². The van der Waals surface area contributed by atoms with Gasteiger partial charge in [0.15, 0.2) is 0 Å². The molecule has 0 aliphatic heterocycles. The number of quaternary nitrogens is 1. The Hall–Kier alpha value is -0.160. The minimum Gasteiger partial charge on any atom is -0.634 e. The lowest BCUT2D eigenvalue weighted by Crippen LogP contribution is -3.08. The maximum atomic E-state index is 10.3. The van der Waals surface area contributed by atoms with Crippen molar-refractivity contribution in [1.29, 1.82) is 0 Å². The minimum absolute atomic E-state index is 0.0880. The predicted molar refractivity (Wildman–Crippen MR) is 28.2 cm³/mol. The number of aliphatic hydroxyl groups is 2. The van der Waals surface area contributed by atoms with Gasteiger partial charge in [-0.1, -0.05) is 0 Å². The lowest BCUT2D eigenvalue weighted by atomic mass is 10.6. The van der Waals surface area contributed by atoms with E-state index in [2.05, 4.69) is 0 Å². The third-order valence-electron chi connectivity index (χ3n) is 0.781. The highest BCUT2D eigenvalue weighted by atomic mass is 16.5. The fourth-order valence-electron chi connectivity index (χ4n) is 0.374.